The third kappa shape index (κ3) is 4.52. The Morgan fingerprint density at radius 1 is 1.33 bits per heavy atom. The minimum absolute atomic E-state index is 0.123. The highest BCUT2D eigenvalue weighted by atomic mass is 16.5. The molecule has 2 nitrogen and oxygen atoms in total. The topological polar surface area (TPSA) is 35.2 Å². The molecule has 0 aromatic carbocycles. The van der Waals surface area contributed by atoms with Crippen LogP contribution < -0.4 is 5.73 Å². The molecule has 0 unspecified atom stereocenters. The van der Waals surface area contributed by atoms with Crippen LogP contribution in [0.2, 0.25) is 0 Å². The minimum atomic E-state index is -0.123. The van der Waals surface area contributed by atoms with Gasteiger partial charge in [-0.3, -0.25) is 0 Å². The maximum atomic E-state index is 6.03. The van der Waals surface area contributed by atoms with E-state index in [2.05, 4.69) is 13.8 Å². The zero-order chi connectivity index (χ0) is 9.45. The Hall–Kier alpha value is -0.340. The van der Waals surface area contributed by atoms with E-state index in [1.807, 2.05) is 19.1 Å². The van der Waals surface area contributed by atoms with E-state index in [1.54, 1.807) is 0 Å². The highest BCUT2D eigenvalue weighted by Gasteiger charge is 2.19. The summed E-state index contributed by atoms with van der Waals surface area (Å²) < 4.78 is 5.41. The quantitative estimate of drug-likeness (QED) is 0.490. The highest BCUT2D eigenvalue weighted by molar-refractivity contribution is 4.82. The number of nitrogens with two attached hydrogens (primary N) is 1. The predicted octanol–water partition coefficient (Wildman–Crippen LogP) is 2.10. The molecule has 0 aliphatic carbocycles. The molecule has 0 aromatic heterocycles. The zero-order valence-corrected chi connectivity index (χ0v) is 8.47. The molecule has 0 saturated carbocycles. The molecule has 2 heteroatoms. The molecular weight excluding hydrogens is 150 g/mol. The van der Waals surface area contributed by atoms with Crippen LogP contribution in [0.15, 0.2) is 12.2 Å². The van der Waals surface area contributed by atoms with E-state index in [0.29, 0.717) is 13.2 Å². The van der Waals surface area contributed by atoms with Crippen molar-refractivity contribution in [2.45, 2.75) is 39.2 Å². The van der Waals surface area contributed by atoms with Crippen molar-refractivity contribution in [3.8, 4) is 0 Å². The molecule has 0 spiro atoms. The molecule has 0 aromatic rings. The molecule has 0 fully saturated rings. The highest BCUT2D eigenvalue weighted by Crippen LogP contribution is 2.10. The Morgan fingerprint density at radius 2 is 1.92 bits per heavy atom. The van der Waals surface area contributed by atoms with Crippen molar-refractivity contribution in [2.75, 3.05) is 13.2 Å². The first-order valence-corrected chi connectivity index (χ1v) is 4.66. The van der Waals surface area contributed by atoms with Crippen molar-refractivity contribution in [3.05, 3.63) is 12.2 Å². The number of hydrogen-bond acceptors (Lipinski definition) is 2. The normalized spacial score (nSPS) is 12.7. The van der Waals surface area contributed by atoms with Gasteiger partial charge < -0.3 is 10.5 Å². The SMILES string of the molecule is CC=CCOCC(N)(CC)CC. The van der Waals surface area contributed by atoms with Crippen molar-refractivity contribution in [3.63, 3.8) is 0 Å². The van der Waals surface area contributed by atoms with Gasteiger partial charge in [0, 0.05) is 5.54 Å². The van der Waals surface area contributed by atoms with Crippen LogP contribution in [0.4, 0.5) is 0 Å². The summed E-state index contributed by atoms with van der Waals surface area (Å²) in [7, 11) is 0. The van der Waals surface area contributed by atoms with E-state index in [4.69, 9.17) is 10.5 Å². The molecule has 0 bridgehead atoms. The summed E-state index contributed by atoms with van der Waals surface area (Å²) in [5, 5.41) is 0. The molecule has 72 valence electrons. The average Bonchev–Trinajstić information content (AvgIpc) is 2.12. The third-order valence-electron chi connectivity index (χ3n) is 2.25. The van der Waals surface area contributed by atoms with Crippen LogP contribution in [0.25, 0.3) is 0 Å². The minimum Gasteiger partial charge on any atom is -0.375 e. The van der Waals surface area contributed by atoms with Gasteiger partial charge in [-0.05, 0) is 19.8 Å². The van der Waals surface area contributed by atoms with Gasteiger partial charge in [0.25, 0.3) is 0 Å². The first-order chi connectivity index (χ1) is 5.68. The lowest BCUT2D eigenvalue weighted by Crippen LogP contribution is -2.43. The van der Waals surface area contributed by atoms with Crippen LogP contribution in [-0.4, -0.2) is 18.8 Å². The van der Waals surface area contributed by atoms with Crippen LogP contribution in [0.5, 0.6) is 0 Å². The van der Waals surface area contributed by atoms with Crippen LogP contribution in [-0.2, 0) is 4.74 Å². The summed E-state index contributed by atoms with van der Waals surface area (Å²) in [6, 6.07) is 0. The summed E-state index contributed by atoms with van der Waals surface area (Å²) in [6.45, 7) is 7.52. The van der Waals surface area contributed by atoms with E-state index in [-0.39, 0.29) is 5.54 Å². The smallest absolute Gasteiger partial charge is 0.0650 e. The second-order valence-corrected chi connectivity index (χ2v) is 3.15. The second kappa shape index (κ2) is 6.21. The third-order valence-corrected chi connectivity index (χ3v) is 2.25. The van der Waals surface area contributed by atoms with Gasteiger partial charge in [0.2, 0.25) is 0 Å². The molecule has 0 amide bonds. The summed E-state index contributed by atoms with van der Waals surface area (Å²) in [6.07, 6.45) is 5.92. The van der Waals surface area contributed by atoms with E-state index >= 15 is 0 Å². The van der Waals surface area contributed by atoms with Crippen LogP contribution in [0.3, 0.4) is 0 Å². The second-order valence-electron chi connectivity index (χ2n) is 3.15. The molecule has 0 radical (unpaired) electrons. The standard InChI is InChI=1S/C10H21NO/c1-4-7-8-12-9-10(11,5-2)6-3/h4,7H,5-6,8-9,11H2,1-3H3. The first-order valence-electron chi connectivity index (χ1n) is 4.66. The molecule has 0 atom stereocenters. The molecule has 0 heterocycles. The Morgan fingerprint density at radius 3 is 2.33 bits per heavy atom. The van der Waals surface area contributed by atoms with Gasteiger partial charge in [0.1, 0.15) is 0 Å². The molecule has 0 saturated heterocycles. The van der Waals surface area contributed by atoms with E-state index in [0.717, 1.165) is 12.8 Å². The van der Waals surface area contributed by atoms with Gasteiger partial charge >= 0.3 is 0 Å². The largest absolute Gasteiger partial charge is 0.375 e. The maximum Gasteiger partial charge on any atom is 0.0650 e. The van der Waals surface area contributed by atoms with Crippen molar-refractivity contribution in [1.82, 2.24) is 0 Å². The Bertz CT molecular complexity index is 128. The summed E-state index contributed by atoms with van der Waals surface area (Å²) in [4.78, 5) is 0. The van der Waals surface area contributed by atoms with Gasteiger partial charge in [-0.25, -0.2) is 0 Å². The van der Waals surface area contributed by atoms with Gasteiger partial charge in [-0.2, -0.15) is 0 Å². The summed E-state index contributed by atoms with van der Waals surface area (Å²) in [5.41, 5.74) is 5.91. The lowest BCUT2D eigenvalue weighted by molar-refractivity contribution is 0.101. The zero-order valence-electron chi connectivity index (χ0n) is 8.47. The average molecular weight is 171 g/mol. The van der Waals surface area contributed by atoms with Crippen molar-refractivity contribution in [2.24, 2.45) is 5.73 Å². The summed E-state index contributed by atoms with van der Waals surface area (Å²) >= 11 is 0. The van der Waals surface area contributed by atoms with E-state index < -0.39 is 0 Å². The lowest BCUT2D eigenvalue weighted by atomic mass is 9.96. The van der Waals surface area contributed by atoms with Crippen molar-refractivity contribution >= 4 is 0 Å². The van der Waals surface area contributed by atoms with E-state index in [1.165, 1.54) is 0 Å². The van der Waals surface area contributed by atoms with Gasteiger partial charge in [0.15, 0.2) is 0 Å². The summed E-state index contributed by atoms with van der Waals surface area (Å²) in [5.74, 6) is 0. The molecule has 0 rings (SSSR count). The fourth-order valence-electron chi connectivity index (χ4n) is 0.881. The number of ether oxygens (including phenoxy) is 1. The van der Waals surface area contributed by atoms with Crippen molar-refractivity contribution < 1.29 is 4.74 Å². The monoisotopic (exact) mass is 171 g/mol. The molecular formula is C10H21NO. The van der Waals surface area contributed by atoms with Crippen LogP contribution in [0, 0.1) is 0 Å². The van der Waals surface area contributed by atoms with Crippen molar-refractivity contribution in [1.29, 1.82) is 0 Å². The molecule has 0 aliphatic heterocycles. The number of rotatable bonds is 6. The van der Waals surface area contributed by atoms with E-state index in [9.17, 15) is 0 Å². The lowest BCUT2D eigenvalue weighted by Gasteiger charge is -2.25. The van der Waals surface area contributed by atoms with Gasteiger partial charge in [0.05, 0.1) is 13.2 Å². The molecule has 2 N–H and O–H groups in total. The number of hydrogen-bond donors (Lipinski definition) is 1. The first kappa shape index (κ1) is 11.7. The maximum absolute atomic E-state index is 6.03. The predicted molar refractivity (Wildman–Crippen MR) is 53.1 cm³/mol. The Labute approximate surface area is 75.8 Å². The van der Waals surface area contributed by atoms with Crippen LogP contribution in [0.1, 0.15) is 33.6 Å². The number of allylic oxidation sites excluding steroid dienone is 1. The molecule has 0 aliphatic rings. The van der Waals surface area contributed by atoms with Gasteiger partial charge in [-0.1, -0.05) is 26.0 Å². The Kier molecular flexibility index (Phi) is 6.03. The molecule has 12 heavy (non-hydrogen) atoms. The fourth-order valence-corrected chi connectivity index (χ4v) is 0.881. The van der Waals surface area contributed by atoms with Gasteiger partial charge in [-0.15, -0.1) is 0 Å². The van der Waals surface area contributed by atoms with Crippen LogP contribution >= 0.6 is 0 Å². The Balaban J connectivity index is 3.58. The fraction of sp³-hybridized carbons (Fsp3) is 0.800.